The molecule has 3 N–H and O–H groups in total. The molecule has 10 heteroatoms. The zero-order valence-corrected chi connectivity index (χ0v) is 19.0. The van der Waals surface area contributed by atoms with Crippen molar-refractivity contribution < 1.29 is 17.9 Å². The monoisotopic (exact) mass is 433 g/mol. The Balaban J connectivity index is 1.77. The standard InChI is InChI=1S/C19H39N5O4S/c1-4-20-18(22-16-19(2,3)24-9-12-27-13-10-24)21-8-14-29(25,26)23-15-17-7-5-6-11-28-17/h17,23H,4-16H2,1-3H3,(H2,20,21,22). The molecule has 0 radical (unpaired) electrons. The number of rotatable bonds is 10. The molecular formula is C19H39N5O4S. The summed E-state index contributed by atoms with van der Waals surface area (Å²) in [6, 6.07) is 0. The minimum absolute atomic E-state index is 0.00299. The van der Waals surface area contributed by atoms with E-state index in [1.54, 1.807) is 0 Å². The van der Waals surface area contributed by atoms with Gasteiger partial charge in [0.05, 0.1) is 31.6 Å². The summed E-state index contributed by atoms with van der Waals surface area (Å²) in [4.78, 5) is 7.06. The maximum atomic E-state index is 12.3. The third-order valence-electron chi connectivity index (χ3n) is 5.30. The van der Waals surface area contributed by atoms with Crippen LogP contribution in [-0.4, -0.2) is 95.8 Å². The first-order valence-corrected chi connectivity index (χ1v) is 12.4. The third-order valence-corrected chi connectivity index (χ3v) is 6.65. The molecule has 0 aliphatic carbocycles. The third kappa shape index (κ3) is 9.17. The number of sulfonamides is 1. The maximum Gasteiger partial charge on any atom is 0.213 e. The van der Waals surface area contributed by atoms with Crippen LogP contribution in [0.4, 0.5) is 0 Å². The number of nitrogens with one attached hydrogen (secondary N) is 3. The first kappa shape index (κ1) is 24.3. The number of aliphatic imine (C=N–C) groups is 1. The SMILES string of the molecule is CCNC(=NCC(C)(C)N1CCOCC1)NCCS(=O)(=O)NCC1CCCCO1. The van der Waals surface area contributed by atoms with Crippen LogP contribution < -0.4 is 15.4 Å². The Morgan fingerprint density at radius 1 is 1.17 bits per heavy atom. The molecule has 29 heavy (non-hydrogen) atoms. The summed E-state index contributed by atoms with van der Waals surface area (Å²) in [5.74, 6) is 0.636. The van der Waals surface area contributed by atoms with Crippen molar-refractivity contribution in [1.29, 1.82) is 0 Å². The Labute approximate surface area is 176 Å². The fourth-order valence-corrected chi connectivity index (χ4v) is 4.40. The molecule has 2 aliphatic heterocycles. The predicted molar refractivity (Wildman–Crippen MR) is 116 cm³/mol. The molecule has 0 bridgehead atoms. The lowest BCUT2D eigenvalue weighted by Crippen LogP contribution is -2.52. The van der Waals surface area contributed by atoms with Gasteiger partial charge in [0.15, 0.2) is 5.96 Å². The van der Waals surface area contributed by atoms with E-state index in [1.165, 1.54) is 0 Å². The van der Waals surface area contributed by atoms with Gasteiger partial charge in [-0.15, -0.1) is 0 Å². The number of hydrogen-bond donors (Lipinski definition) is 3. The zero-order valence-electron chi connectivity index (χ0n) is 18.2. The van der Waals surface area contributed by atoms with Crippen molar-refractivity contribution in [2.75, 3.05) is 64.8 Å². The molecule has 2 aliphatic rings. The van der Waals surface area contributed by atoms with E-state index in [-0.39, 0.29) is 17.4 Å². The molecule has 0 aromatic carbocycles. The molecule has 0 saturated carbocycles. The molecule has 9 nitrogen and oxygen atoms in total. The van der Waals surface area contributed by atoms with E-state index in [1.807, 2.05) is 6.92 Å². The first-order chi connectivity index (χ1) is 13.8. The molecule has 170 valence electrons. The highest BCUT2D eigenvalue weighted by Crippen LogP contribution is 2.16. The minimum atomic E-state index is -3.35. The molecule has 2 rings (SSSR count). The molecule has 1 unspecified atom stereocenters. The van der Waals surface area contributed by atoms with Crippen molar-refractivity contribution in [1.82, 2.24) is 20.3 Å². The van der Waals surface area contributed by atoms with E-state index in [0.717, 1.165) is 52.2 Å². The fourth-order valence-electron chi connectivity index (χ4n) is 3.45. The van der Waals surface area contributed by atoms with E-state index < -0.39 is 10.0 Å². The van der Waals surface area contributed by atoms with Gasteiger partial charge in [0.25, 0.3) is 0 Å². The summed E-state index contributed by atoms with van der Waals surface area (Å²) in [5, 5.41) is 6.32. The second-order valence-electron chi connectivity index (χ2n) is 8.19. The quantitative estimate of drug-likeness (QED) is 0.333. The summed E-state index contributed by atoms with van der Waals surface area (Å²) in [6.07, 6.45) is 3.06. The second kappa shape index (κ2) is 12.0. The average Bonchev–Trinajstić information content (AvgIpc) is 2.72. The van der Waals surface area contributed by atoms with Gasteiger partial charge in [0, 0.05) is 44.9 Å². The molecule has 0 aromatic heterocycles. The van der Waals surface area contributed by atoms with Crippen LogP contribution in [0.1, 0.15) is 40.0 Å². The Morgan fingerprint density at radius 3 is 2.59 bits per heavy atom. The van der Waals surface area contributed by atoms with Gasteiger partial charge < -0.3 is 20.1 Å². The Morgan fingerprint density at radius 2 is 1.93 bits per heavy atom. The van der Waals surface area contributed by atoms with Crippen molar-refractivity contribution in [2.24, 2.45) is 4.99 Å². The van der Waals surface area contributed by atoms with Gasteiger partial charge in [0.2, 0.25) is 10.0 Å². The van der Waals surface area contributed by atoms with Gasteiger partial charge in [-0.1, -0.05) is 0 Å². The van der Waals surface area contributed by atoms with Crippen LogP contribution in [0.2, 0.25) is 0 Å². The van der Waals surface area contributed by atoms with Gasteiger partial charge in [-0.3, -0.25) is 9.89 Å². The lowest BCUT2D eigenvalue weighted by Gasteiger charge is -2.39. The number of hydrogen-bond acceptors (Lipinski definition) is 6. The zero-order chi connectivity index (χ0) is 21.2. The Kier molecular flexibility index (Phi) is 10.1. The molecule has 0 aromatic rings. The van der Waals surface area contributed by atoms with Gasteiger partial charge in [0.1, 0.15) is 0 Å². The van der Waals surface area contributed by atoms with Crippen LogP contribution in [0.3, 0.4) is 0 Å². The second-order valence-corrected chi connectivity index (χ2v) is 10.1. The summed E-state index contributed by atoms with van der Waals surface area (Å²) in [5.41, 5.74) is -0.0836. The van der Waals surface area contributed by atoms with Crippen molar-refractivity contribution in [3.63, 3.8) is 0 Å². The molecule has 2 saturated heterocycles. The number of nitrogens with zero attached hydrogens (tertiary/aromatic N) is 2. The predicted octanol–water partition coefficient (Wildman–Crippen LogP) is 0.141. The van der Waals surface area contributed by atoms with E-state index in [4.69, 9.17) is 9.47 Å². The lowest BCUT2D eigenvalue weighted by molar-refractivity contribution is -0.00683. The highest BCUT2D eigenvalue weighted by molar-refractivity contribution is 7.89. The van der Waals surface area contributed by atoms with E-state index in [0.29, 0.717) is 32.1 Å². The van der Waals surface area contributed by atoms with E-state index in [2.05, 4.69) is 39.1 Å². The van der Waals surface area contributed by atoms with E-state index >= 15 is 0 Å². The Bertz CT molecular complexity index is 600. The summed E-state index contributed by atoms with van der Waals surface area (Å²) in [6.45, 7) is 12.4. The largest absolute Gasteiger partial charge is 0.379 e. The van der Waals surface area contributed by atoms with Gasteiger partial charge in [-0.2, -0.15) is 0 Å². The van der Waals surface area contributed by atoms with Crippen LogP contribution in [0.15, 0.2) is 4.99 Å². The Hall–Kier alpha value is -0.940. The summed E-state index contributed by atoms with van der Waals surface area (Å²) in [7, 11) is -3.35. The van der Waals surface area contributed by atoms with Crippen LogP contribution in [0.25, 0.3) is 0 Å². The normalized spacial score (nSPS) is 22.4. The van der Waals surface area contributed by atoms with Crippen molar-refractivity contribution >= 4 is 16.0 Å². The van der Waals surface area contributed by atoms with Crippen LogP contribution in [-0.2, 0) is 19.5 Å². The van der Waals surface area contributed by atoms with Gasteiger partial charge in [-0.05, 0) is 40.0 Å². The average molecular weight is 434 g/mol. The van der Waals surface area contributed by atoms with Gasteiger partial charge >= 0.3 is 0 Å². The molecule has 0 amide bonds. The minimum Gasteiger partial charge on any atom is -0.379 e. The molecular weight excluding hydrogens is 394 g/mol. The lowest BCUT2D eigenvalue weighted by atomic mass is 10.0. The first-order valence-electron chi connectivity index (χ1n) is 10.8. The van der Waals surface area contributed by atoms with Crippen molar-refractivity contribution in [2.45, 2.75) is 51.7 Å². The van der Waals surface area contributed by atoms with Crippen LogP contribution in [0, 0.1) is 0 Å². The molecule has 0 spiro atoms. The summed E-state index contributed by atoms with van der Waals surface area (Å²) >= 11 is 0. The smallest absolute Gasteiger partial charge is 0.213 e. The van der Waals surface area contributed by atoms with Crippen molar-refractivity contribution in [3.8, 4) is 0 Å². The van der Waals surface area contributed by atoms with Crippen LogP contribution in [0.5, 0.6) is 0 Å². The number of morpholine rings is 1. The topological polar surface area (TPSA) is 104 Å². The van der Waals surface area contributed by atoms with E-state index in [9.17, 15) is 8.42 Å². The highest BCUT2D eigenvalue weighted by Gasteiger charge is 2.28. The summed E-state index contributed by atoms with van der Waals surface area (Å²) < 4.78 is 38.2. The maximum absolute atomic E-state index is 12.3. The molecule has 1 atom stereocenters. The molecule has 2 heterocycles. The van der Waals surface area contributed by atoms with Gasteiger partial charge in [-0.25, -0.2) is 13.1 Å². The van der Waals surface area contributed by atoms with Crippen LogP contribution >= 0.6 is 0 Å². The highest BCUT2D eigenvalue weighted by atomic mass is 32.2. The fraction of sp³-hybridized carbons (Fsp3) is 0.947. The molecule has 2 fully saturated rings. The number of ether oxygens (including phenoxy) is 2. The number of guanidine groups is 1. The van der Waals surface area contributed by atoms with Crippen molar-refractivity contribution in [3.05, 3.63) is 0 Å².